The van der Waals surface area contributed by atoms with Crippen LogP contribution in [0.3, 0.4) is 0 Å². The van der Waals surface area contributed by atoms with Gasteiger partial charge in [0, 0.05) is 12.8 Å². The molecule has 0 fully saturated rings. The summed E-state index contributed by atoms with van der Waals surface area (Å²) >= 11 is 0. The molecule has 0 aliphatic carbocycles. The van der Waals surface area contributed by atoms with Crippen molar-refractivity contribution in [3.63, 3.8) is 0 Å². The van der Waals surface area contributed by atoms with E-state index in [0.717, 1.165) is 5.56 Å². The SMILES string of the molecule is CC(C)C[C@H](N)C(=O)N[C@@H](Cc1ccc(OC(C)(C)C)cc1)C(=O)N[C@@H](CCC(=O)OC(C)(C)C)C(=O)O. The number of carboxylic acid groups (broad SMARTS) is 1. The molecule has 0 bridgehead atoms. The Bertz CT molecular complexity index is 947. The maximum atomic E-state index is 13.2. The average Bonchev–Trinajstić information content (AvgIpc) is 2.74. The molecule has 0 radical (unpaired) electrons. The standard InChI is InChI=1S/C28H45N3O7/c1-17(2)15-20(29)24(33)31-22(16-18-9-11-19(12-10-18)37-27(3,4)5)25(34)30-21(26(35)36)13-14-23(32)38-28(6,7)8/h9-12,17,20-22H,13-16,29H2,1-8H3,(H,30,34)(H,31,33)(H,35,36)/t20-,21-,22-/m0/s1. The van der Waals surface area contributed by atoms with Gasteiger partial charge in [0.15, 0.2) is 0 Å². The van der Waals surface area contributed by atoms with E-state index in [9.17, 15) is 24.3 Å². The van der Waals surface area contributed by atoms with Crippen LogP contribution in [0, 0.1) is 5.92 Å². The van der Waals surface area contributed by atoms with Crippen molar-refractivity contribution in [2.75, 3.05) is 0 Å². The van der Waals surface area contributed by atoms with E-state index >= 15 is 0 Å². The summed E-state index contributed by atoms with van der Waals surface area (Å²) in [6, 6.07) is 3.83. The molecule has 5 N–H and O–H groups in total. The summed E-state index contributed by atoms with van der Waals surface area (Å²) in [5.41, 5.74) is 5.65. The molecular weight excluding hydrogens is 490 g/mol. The number of carbonyl (C=O) groups is 4. The number of nitrogens with one attached hydrogen (secondary N) is 2. The highest BCUT2D eigenvalue weighted by Gasteiger charge is 2.29. The van der Waals surface area contributed by atoms with Gasteiger partial charge in [-0.15, -0.1) is 0 Å². The van der Waals surface area contributed by atoms with E-state index < -0.39 is 47.5 Å². The van der Waals surface area contributed by atoms with Crippen LogP contribution in [0.5, 0.6) is 5.75 Å². The van der Waals surface area contributed by atoms with Crippen LogP contribution in [-0.4, -0.2) is 58.2 Å². The van der Waals surface area contributed by atoms with Crippen LogP contribution in [0.15, 0.2) is 24.3 Å². The van der Waals surface area contributed by atoms with Crippen molar-refractivity contribution in [3.05, 3.63) is 29.8 Å². The van der Waals surface area contributed by atoms with Crippen molar-refractivity contribution in [2.45, 2.75) is 110 Å². The van der Waals surface area contributed by atoms with Gasteiger partial charge in [-0.1, -0.05) is 26.0 Å². The zero-order valence-electron chi connectivity index (χ0n) is 23.9. The number of hydrogen-bond donors (Lipinski definition) is 4. The summed E-state index contributed by atoms with van der Waals surface area (Å²) in [4.78, 5) is 49.8. The fourth-order valence-corrected chi connectivity index (χ4v) is 3.57. The van der Waals surface area contributed by atoms with E-state index in [-0.39, 0.29) is 30.8 Å². The Morgan fingerprint density at radius 3 is 1.92 bits per heavy atom. The molecule has 1 aromatic carbocycles. The third-order valence-corrected chi connectivity index (χ3v) is 5.15. The van der Waals surface area contributed by atoms with Gasteiger partial charge in [-0.3, -0.25) is 14.4 Å². The largest absolute Gasteiger partial charge is 0.488 e. The Hall–Kier alpha value is -3.14. The minimum Gasteiger partial charge on any atom is -0.488 e. The van der Waals surface area contributed by atoms with Gasteiger partial charge in [0.1, 0.15) is 29.0 Å². The molecule has 214 valence electrons. The molecule has 0 unspecified atom stereocenters. The summed E-state index contributed by atoms with van der Waals surface area (Å²) in [6.07, 6.45) is 0.162. The Labute approximate surface area is 226 Å². The first kappa shape index (κ1) is 32.9. The minimum atomic E-state index is -1.35. The number of amides is 2. The van der Waals surface area contributed by atoms with E-state index in [1.807, 2.05) is 34.6 Å². The zero-order chi connectivity index (χ0) is 29.3. The van der Waals surface area contributed by atoms with E-state index in [4.69, 9.17) is 15.2 Å². The topological polar surface area (TPSA) is 157 Å². The molecule has 10 nitrogen and oxygen atoms in total. The Morgan fingerprint density at radius 2 is 1.45 bits per heavy atom. The van der Waals surface area contributed by atoms with Gasteiger partial charge in [0.2, 0.25) is 11.8 Å². The summed E-state index contributed by atoms with van der Waals surface area (Å²) < 4.78 is 11.1. The maximum absolute atomic E-state index is 13.2. The molecule has 0 heterocycles. The number of ether oxygens (including phenoxy) is 2. The predicted octanol–water partition coefficient (Wildman–Crippen LogP) is 2.96. The predicted molar refractivity (Wildman–Crippen MR) is 145 cm³/mol. The van der Waals surface area contributed by atoms with Crippen LogP contribution >= 0.6 is 0 Å². The number of benzene rings is 1. The van der Waals surface area contributed by atoms with Gasteiger partial charge in [0.05, 0.1) is 6.04 Å². The van der Waals surface area contributed by atoms with Crippen molar-refractivity contribution in [2.24, 2.45) is 11.7 Å². The molecule has 1 rings (SSSR count). The van der Waals surface area contributed by atoms with Gasteiger partial charge in [-0.25, -0.2) is 4.79 Å². The highest BCUT2D eigenvalue weighted by Crippen LogP contribution is 2.19. The van der Waals surface area contributed by atoms with Gasteiger partial charge in [-0.2, -0.15) is 0 Å². The molecule has 2 amide bonds. The van der Waals surface area contributed by atoms with Crippen molar-refractivity contribution in [3.8, 4) is 5.75 Å². The Balaban J connectivity index is 3.04. The molecule has 0 saturated carbocycles. The molecule has 0 aliphatic rings. The van der Waals surface area contributed by atoms with Crippen molar-refractivity contribution >= 4 is 23.8 Å². The zero-order valence-corrected chi connectivity index (χ0v) is 23.9. The van der Waals surface area contributed by atoms with Crippen molar-refractivity contribution in [1.29, 1.82) is 0 Å². The Kier molecular flexibility index (Phi) is 12.2. The number of carbonyl (C=O) groups excluding carboxylic acids is 3. The van der Waals surface area contributed by atoms with Gasteiger partial charge < -0.3 is 30.9 Å². The molecule has 10 heteroatoms. The van der Waals surface area contributed by atoms with E-state index in [1.165, 1.54) is 0 Å². The second-order valence-electron chi connectivity index (χ2n) is 11.9. The summed E-state index contributed by atoms with van der Waals surface area (Å²) in [5.74, 6) is -2.25. The van der Waals surface area contributed by atoms with Crippen LogP contribution in [0.4, 0.5) is 0 Å². The molecule has 3 atom stereocenters. The highest BCUT2D eigenvalue weighted by molar-refractivity contribution is 5.92. The summed E-state index contributed by atoms with van der Waals surface area (Å²) in [7, 11) is 0. The maximum Gasteiger partial charge on any atom is 0.326 e. The van der Waals surface area contributed by atoms with E-state index in [1.54, 1.807) is 45.0 Å². The minimum absolute atomic E-state index is 0.0974. The average molecular weight is 536 g/mol. The molecule has 0 aliphatic heterocycles. The second-order valence-corrected chi connectivity index (χ2v) is 11.9. The third kappa shape index (κ3) is 13.4. The fraction of sp³-hybridized carbons (Fsp3) is 0.643. The van der Waals surface area contributed by atoms with Crippen LogP contribution in [-0.2, 0) is 30.3 Å². The smallest absolute Gasteiger partial charge is 0.326 e. The van der Waals surface area contributed by atoms with Gasteiger partial charge >= 0.3 is 11.9 Å². The quantitative estimate of drug-likeness (QED) is 0.281. The lowest BCUT2D eigenvalue weighted by atomic mass is 10.0. The monoisotopic (exact) mass is 535 g/mol. The molecular formula is C28H45N3O7. The number of esters is 1. The van der Waals surface area contributed by atoms with Crippen molar-refractivity contribution < 1.29 is 33.8 Å². The number of nitrogens with two attached hydrogens (primary N) is 1. The normalized spacial score (nSPS) is 14.3. The van der Waals surface area contributed by atoms with Crippen LogP contribution < -0.4 is 21.1 Å². The first-order valence-electron chi connectivity index (χ1n) is 12.9. The highest BCUT2D eigenvalue weighted by atomic mass is 16.6. The van der Waals surface area contributed by atoms with Crippen LogP contribution in [0.2, 0.25) is 0 Å². The third-order valence-electron chi connectivity index (χ3n) is 5.15. The first-order chi connectivity index (χ1) is 17.4. The second kappa shape index (κ2) is 14.1. The molecule has 0 spiro atoms. The number of carboxylic acids is 1. The number of aliphatic carboxylic acids is 1. The number of rotatable bonds is 13. The lowest BCUT2D eigenvalue weighted by molar-refractivity contribution is -0.155. The summed E-state index contributed by atoms with van der Waals surface area (Å²) in [6.45, 7) is 14.8. The lowest BCUT2D eigenvalue weighted by Gasteiger charge is -2.24. The van der Waals surface area contributed by atoms with Crippen LogP contribution in [0.25, 0.3) is 0 Å². The first-order valence-corrected chi connectivity index (χ1v) is 12.9. The summed E-state index contributed by atoms with van der Waals surface area (Å²) in [5, 5.41) is 14.8. The number of hydrogen-bond acceptors (Lipinski definition) is 7. The molecule has 1 aromatic rings. The van der Waals surface area contributed by atoms with E-state index in [2.05, 4.69) is 10.6 Å². The molecule has 0 aromatic heterocycles. The van der Waals surface area contributed by atoms with Crippen LogP contribution in [0.1, 0.15) is 80.2 Å². The van der Waals surface area contributed by atoms with E-state index in [0.29, 0.717) is 12.2 Å². The van der Waals surface area contributed by atoms with Gasteiger partial charge in [0.25, 0.3) is 0 Å². The van der Waals surface area contributed by atoms with Crippen molar-refractivity contribution in [1.82, 2.24) is 10.6 Å². The van der Waals surface area contributed by atoms with Gasteiger partial charge in [-0.05, 0) is 78.0 Å². The lowest BCUT2D eigenvalue weighted by Crippen LogP contribution is -2.55. The fourth-order valence-electron chi connectivity index (χ4n) is 3.57. The Morgan fingerprint density at radius 1 is 0.895 bits per heavy atom. The molecule has 0 saturated heterocycles. The molecule has 38 heavy (non-hydrogen) atoms.